The van der Waals surface area contributed by atoms with Gasteiger partial charge in [-0.15, -0.1) is 0 Å². The van der Waals surface area contributed by atoms with Crippen molar-refractivity contribution in [2.75, 3.05) is 21.2 Å². The summed E-state index contributed by atoms with van der Waals surface area (Å²) in [6.45, 7) is 4.26. The van der Waals surface area contributed by atoms with Crippen LogP contribution < -0.4 is 10.2 Å². The van der Waals surface area contributed by atoms with Crippen LogP contribution in [0.3, 0.4) is 0 Å². The Balaban J connectivity index is 2.91. The molecule has 0 aliphatic rings. The summed E-state index contributed by atoms with van der Waals surface area (Å²) in [6.07, 6.45) is 0.321. The second-order valence-electron chi connectivity index (χ2n) is 4.83. The van der Waals surface area contributed by atoms with Crippen molar-refractivity contribution in [2.24, 2.45) is 0 Å². The number of rotatable bonds is 5. The summed E-state index contributed by atoms with van der Waals surface area (Å²) in [6, 6.07) is 6.00. The van der Waals surface area contributed by atoms with Gasteiger partial charge in [0.15, 0.2) is 0 Å². The molecule has 0 aliphatic carbocycles. The third-order valence-electron chi connectivity index (χ3n) is 2.67. The van der Waals surface area contributed by atoms with Crippen LogP contribution in [-0.4, -0.2) is 32.1 Å². The monoisotopic (exact) mass is 250 g/mol. The van der Waals surface area contributed by atoms with E-state index in [-0.39, 0.29) is 5.91 Å². The quantitative estimate of drug-likeness (QED) is 0.812. The normalized spacial score (nSPS) is 10.8. The number of hydrazine groups is 1. The SMILES string of the molecule is COc1ccc(C(C)C)cc1CC(=O)NN(C)C. The summed E-state index contributed by atoms with van der Waals surface area (Å²) in [5.74, 6) is 1.15. The smallest absolute Gasteiger partial charge is 0.238 e. The van der Waals surface area contributed by atoms with Crippen LogP contribution in [0.2, 0.25) is 0 Å². The molecule has 4 nitrogen and oxygen atoms in total. The molecule has 18 heavy (non-hydrogen) atoms. The van der Waals surface area contributed by atoms with Gasteiger partial charge in [0.05, 0.1) is 13.5 Å². The fourth-order valence-corrected chi connectivity index (χ4v) is 1.76. The summed E-state index contributed by atoms with van der Waals surface area (Å²) in [4.78, 5) is 11.8. The fourth-order valence-electron chi connectivity index (χ4n) is 1.76. The topological polar surface area (TPSA) is 41.6 Å². The van der Waals surface area contributed by atoms with Crippen LogP contribution >= 0.6 is 0 Å². The summed E-state index contributed by atoms with van der Waals surface area (Å²) < 4.78 is 5.29. The average Bonchev–Trinajstić information content (AvgIpc) is 2.27. The molecule has 1 aromatic carbocycles. The third kappa shape index (κ3) is 4.04. The maximum atomic E-state index is 11.8. The fraction of sp³-hybridized carbons (Fsp3) is 0.500. The van der Waals surface area contributed by atoms with Crippen LogP contribution in [0, 0.1) is 0 Å². The minimum Gasteiger partial charge on any atom is -0.496 e. The number of amides is 1. The molecule has 0 saturated carbocycles. The molecule has 4 heteroatoms. The predicted molar refractivity (Wildman–Crippen MR) is 72.6 cm³/mol. The Kier molecular flexibility index (Phi) is 5.16. The molecule has 0 aromatic heterocycles. The van der Waals surface area contributed by atoms with E-state index in [9.17, 15) is 4.79 Å². The van der Waals surface area contributed by atoms with E-state index >= 15 is 0 Å². The highest BCUT2D eigenvalue weighted by Crippen LogP contribution is 2.24. The highest BCUT2D eigenvalue weighted by molar-refractivity contribution is 5.78. The van der Waals surface area contributed by atoms with Crippen LogP contribution in [0.1, 0.15) is 30.9 Å². The Morgan fingerprint density at radius 3 is 2.56 bits per heavy atom. The summed E-state index contributed by atoms with van der Waals surface area (Å²) >= 11 is 0. The summed E-state index contributed by atoms with van der Waals surface area (Å²) in [5.41, 5.74) is 4.86. The second-order valence-corrected chi connectivity index (χ2v) is 4.83. The molecular weight excluding hydrogens is 228 g/mol. The molecule has 1 aromatic rings. The number of methoxy groups -OCH3 is 1. The van der Waals surface area contributed by atoms with E-state index in [1.807, 2.05) is 18.2 Å². The molecule has 0 saturated heterocycles. The molecule has 0 radical (unpaired) electrons. The Labute approximate surface area is 109 Å². The first kappa shape index (κ1) is 14.5. The van der Waals surface area contributed by atoms with E-state index < -0.39 is 0 Å². The highest BCUT2D eigenvalue weighted by atomic mass is 16.5. The van der Waals surface area contributed by atoms with Gasteiger partial charge in [0, 0.05) is 19.7 Å². The number of benzene rings is 1. The van der Waals surface area contributed by atoms with Gasteiger partial charge in [-0.25, -0.2) is 5.01 Å². The zero-order chi connectivity index (χ0) is 13.7. The lowest BCUT2D eigenvalue weighted by Crippen LogP contribution is -2.37. The molecular formula is C14H22N2O2. The molecule has 0 aliphatic heterocycles. The van der Waals surface area contributed by atoms with Gasteiger partial charge in [-0.05, 0) is 17.5 Å². The molecule has 0 atom stereocenters. The number of carbonyl (C=O) groups excluding carboxylic acids is 1. The number of hydrogen-bond acceptors (Lipinski definition) is 3. The van der Waals surface area contributed by atoms with E-state index in [1.54, 1.807) is 26.2 Å². The van der Waals surface area contributed by atoms with Gasteiger partial charge in [0.2, 0.25) is 5.91 Å². The van der Waals surface area contributed by atoms with Crippen molar-refractivity contribution in [3.05, 3.63) is 29.3 Å². The van der Waals surface area contributed by atoms with Gasteiger partial charge in [0.1, 0.15) is 5.75 Å². The van der Waals surface area contributed by atoms with Gasteiger partial charge in [0.25, 0.3) is 0 Å². The molecule has 0 bridgehead atoms. The Hall–Kier alpha value is -1.55. The summed E-state index contributed by atoms with van der Waals surface area (Å²) in [5, 5.41) is 1.64. The predicted octanol–water partition coefficient (Wildman–Crippen LogP) is 1.95. The van der Waals surface area contributed by atoms with Crippen LogP contribution in [0.5, 0.6) is 5.75 Å². The maximum absolute atomic E-state index is 11.8. The Bertz CT molecular complexity index is 414. The van der Waals surface area contributed by atoms with E-state index in [1.165, 1.54) is 5.56 Å². The lowest BCUT2D eigenvalue weighted by atomic mass is 9.99. The number of carbonyl (C=O) groups is 1. The van der Waals surface area contributed by atoms with E-state index in [2.05, 4.69) is 19.3 Å². The second kappa shape index (κ2) is 6.40. The Morgan fingerprint density at radius 1 is 1.39 bits per heavy atom. The van der Waals surface area contributed by atoms with Crippen LogP contribution in [0.15, 0.2) is 18.2 Å². The molecule has 100 valence electrons. The number of hydrogen-bond donors (Lipinski definition) is 1. The lowest BCUT2D eigenvalue weighted by molar-refractivity contribution is -0.124. The lowest BCUT2D eigenvalue weighted by Gasteiger charge is -2.15. The van der Waals surface area contributed by atoms with Crippen LogP contribution in [0.25, 0.3) is 0 Å². The van der Waals surface area contributed by atoms with Crippen molar-refractivity contribution in [3.63, 3.8) is 0 Å². The largest absolute Gasteiger partial charge is 0.496 e. The van der Waals surface area contributed by atoms with Crippen LogP contribution in [-0.2, 0) is 11.2 Å². The van der Waals surface area contributed by atoms with Crippen molar-refractivity contribution in [3.8, 4) is 5.75 Å². The average molecular weight is 250 g/mol. The first-order valence-electron chi connectivity index (χ1n) is 6.07. The molecule has 1 N–H and O–H groups in total. The van der Waals surface area contributed by atoms with Crippen molar-refractivity contribution in [2.45, 2.75) is 26.2 Å². The standard InChI is InChI=1S/C14H22N2O2/c1-10(2)11-6-7-13(18-5)12(8-11)9-14(17)15-16(3)4/h6-8,10H,9H2,1-5H3,(H,15,17). The van der Waals surface area contributed by atoms with E-state index in [0.29, 0.717) is 12.3 Å². The molecule has 1 amide bonds. The zero-order valence-electron chi connectivity index (χ0n) is 11.8. The molecule has 0 fully saturated rings. The van der Waals surface area contributed by atoms with Gasteiger partial charge in [-0.2, -0.15) is 0 Å². The minimum absolute atomic E-state index is 0.0424. The summed E-state index contributed by atoms with van der Waals surface area (Å²) in [7, 11) is 5.21. The first-order valence-corrected chi connectivity index (χ1v) is 6.07. The molecule has 0 heterocycles. The Morgan fingerprint density at radius 2 is 2.06 bits per heavy atom. The van der Waals surface area contributed by atoms with Gasteiger partial charge >= 0.3 is 0 Å². The first-order chi connectivity index (χ1) is 8.43. The van der Waals surface area contributed by atoms with Crippen molar-refractivity contribution in [1.29, 1.82) is 0 Å². The van der Waals surface area contributed by atoms with Crippen molar-refractivity contribution in [1.82, 2.24) is 10.4 Å². The van der Waals surface area contributed by atoms with E-state index in [4.69, 9.17) is 4.74 Å². The molecule has 0 spiro atoms. The number of nitrogens with one attached hydrogen (secondary N) is 1. The van der Waals surface area contributed by atoms with Crippen LogP contribution in [0.4, 0.5) is 0 Å². The van der Waals surface area contributed by atoms with Crippen molar-refractivity contribution >= 4 is 5.91 Å². The van der Waals surface area contributed by atoms with Gasteiger partial charge < -0.3 is 4.74 Å². The molecule has 0 unspecified atom stereocenters. The van der Waals surface area contributed by atoms with Gasteiger partial charge in [-0.3, -0.25) is 10.2 Å². The van der Waals surface area contributed by atoms with E-state index in [0.717, 1.165) is 11.3 Å². The van der Waals surface area contributed by atoms with Gasteiger partial charge in [-0.1, -0.05) is 26.0 Å². The number of nitrogens with zero attached hydrogens (tertiary/aromatic N) is 1. The third-order valence-corrected chi connectivity index (χ3v) is 2.67. The van der Waals surface area contributed by atoms with Crippen molar-refractivity contribution < 1.29 is 9.53 Å². The maximum Gasteiger partial charge on any atom is 0.238 e. The zero-order valence-corrected chi connectivity index (χ0v) is 11.8. The molecule has 1 rings (SSSR count). The number of ether oxygens (including phenoxy) is 1. The minimum atomic E-state index is -0.0424. The highest BCUT2D eigenvalue weighted by Gasteiger charge is 2.11.